The zero-order valence-corrected chi connectivity index (χ0v) is 11.8. The predicted molar refractivity (Wildman–Crippen MR) is 77.0 cm³/mol. The Morgan fingerprint density at radius 2 is 1.95 bits per heavy atom. The van der Waals surface area contributed by atoms with Crippen molar-refractivity contribution < 1.29 is 8.87 Å². The molecule has 3 aliphatic heterocycles. The van der Waals surface area contributed by atoms with Gasteiger partial charge in [0.05, 0.1) is 24.8 Å². The topological polar surface area (TPSA) is 12.4 Å². The van der Waals surface area contributed by atoms with Gasteiger partial charge in [-0.2, -0.15) is 4.99 Å². The van der Waals surface area contributed by atoms with E-state index in [4.69, 9.17) is 0 Å². The summed E-state index contributed by atoms with van der Waals surface area (Å²) in [4.78, 5) is 3.72. The van der Waals surface area contributed by atoms with Crippen LogP contribution >= 0.6 is 12.2 Å². The highest BCUT2D eigenvalue weighted by atomic mass is 32.1. The molecule has 0 amide bonds. The van der Waals surface area contributed by atoms with Crippen LogP contribution in [0.25, 0.3) is 0 Å². The first-order valence-electron chi connectivity index (χ1n) is 6.92. The molecule has 3 fully saturated rings. The highest BCUT2D eigenvalue weighted by Crippen LogP contribution is 2.35. The minimum Gasteiger partial charge on any atom is -0.320 e. The van der Waals surface area contributed by atoms with E-state index < -0.39 is 0 Å². The molecule has 0 radical (unpaired) electrons. The van der Waals surface area contributed by atoms with Gasteiger partial charge >= 0.3 is 0 Å². The van der Waals surface area contributed by atoms with Gasteiger partial charge in [0.1, 0.15) is 18.0 Å². The lowest BCUT2D eigenvalue weighted by atomic mass is 9.85. The summed E-state index contributed by atoms with van der Waals surface area (Å²) in [6.07, 6.45) is 4.03. The normalized spacial score (nSPS) is 29.0. The number of hydrogen-bond acceptors (Lipinski definition) is 2. The Bertz CT molecular complexity index is 515. The van der Waals surface area contributed by atoms with Gasteiger partial charge in [0.15, 0.2) is 0 Å². The highest BCUT2D eigenvalue weighted by molar-refractivity contribution is 7.78. The Hall–Kier alpha value is -1.09. The first-order chi connectivity index (χ1) is 9.21. The number of nitrogens with zero attached hydrogens (tertiary/aromatic N) is 2. The van der Waals surface area contributed by atoms with Crippen molar-refractivity contribution in [2.24, 2.45) is 10.9 Å². The molecule has 0 aliphatic carbocycles. The Labute approximate surface area is 118 Å². The number of hydrogen-bond donors (Lipinski definition) is 0. The maximum absolute atomic E-state index is 13.8. The summed E-state index contributed by atoms with van der Waals surface area (Å²) >= 11 is 4.51. The van der Waals surface area contributed by atoms with Crippen LogP contribution < -0.4 is 0 Å². The number of piperidine rings is 3. The molecule has 0 unspecified atom stereocenters. The molecule has 4 rings (SSSR count). The van der Waals surface area contributed by atoms with E-state index in [0.29, 0.717) is 0 Å². The molecule has 0 N–H and O–H groups in total. The van der Waals surface area contributed by atoms with Crippen LogP contribution in [0.15, 0.2) is 23.2 Å². The second-order valence-corrected chi connectivity index (χ2v) is 6.07. The van der Waals surface area contributed by atoms with Crippen molar-refractivity contribution in [3.8, 4) is 0 Å². The van der Waals surface area contributed by atoms with E-state index in [1.807, 2.05) is 6.07 Å². The number of isothiocyanates is 1. The molecule has 3 aliphatic rings. The minimum atomic E-state index is -0.292. The summed E-state index contributed by atoms with van der Waals surface area (Å²) in [5, 5.41) is 2.22. The van der Waals surface area contributed by atoms with Crippen LogP contribution in [0, 0.1) is 11.7 Å². The van der Waals surface area contributed by atoms with E-state index in [-0.39, 0.29) is 11.5 Å². The average Bonchev–Trinajstić information content (AvgIpc) is 2.44. The van der Waals surface area contributed by atoms with Crippen molar-refractivity contribution in [3.05, 3.63) is 29.6 Å². The van der Waals surface area contributed by atoms with Crippen LogP contribution in [0.2, 0.25) is 0 Å². The van der Waals surface area contributed by atoms with Crippen molar-refractivity contribution >= 4 is 23.1 Å². The molecule has 0 spiro atoms. The molecular formula is C15H18FN2S+. The Balaban J connectivity index is 1.79. The van der Waals surface area contributed by atoms with E-state index in [9.17, 15) is 4.39 Å². The van der Waals surface area contributed by atoms with Gasteiger partial charge < -0.3 is 4.48 Å². The molecule has 0 saturated carbocycles. The monoisotopic (exact) mass is 277 g/mol. The third kappa shape index (κ3) is 2.62. The molecule has 0 atom stereocenters. The van der Waals surface area contributed by atoms with E-state index in [1.165, 1.54) is 38.9 Å². The van der Waals surface area contributed by atoms with Crippen LogP contribution in [0.3, 0.4) is 0 Å². The van der Waals surface area contributed by atoms with Crippen LogP contribution in [0.1, 0.15) is 24.8 Å². The van der Waals surface area contributed by atoms with Gasteiger partial charge in [-0.3, -0.25) is 0 Å². The summed E-state index contributed by atoms with van der Waals surface area (Å²) in [6, 6.07) is 5.29. The van der Waals surface area contributed by atoms with E-state index >= 15 is 0 Å². The Morgan fingerprint density at radius 1 is 1.26 bits per heavy atom. The lowest BCUT2D eigenvalue weighted by Gasteiger charge is -2.49. The van der Waals surface area contributed by atoms with Gasteiger partial charge in [-0.05, 0) is 49.5 Å². The fourth-order valence-electron chi connectivity index (χ4n) is 3.55. The van der Waals surface area contributed by atoms with Crippen molar-refractivity contribution in [2.75, 3.05) is 19.6 Å². The molecule has 3 saturated heterocycles. The van der Waals surface area contributed by atoms with Crippen LogP contribution in [0.4, 0.5) is 10.1 Å². The number of aliphatic imine (C=N–C) groups is 1. The van der Waals surface area contributed by atoms with Gasteiger partial charge in [-0.25, -0.2) is 4.39 Å². The summed E-state index contributed by atoms with van der Waals surface area (Å²) in [5.41, 5.74) is 1.36. The molecule has 2 bridgehead atoms. The van der Waals surface area contributed by atoms with Crippen LogP contribution in [0.5, 0.6) is 0 Å². The Kier molecular flexibility index (Phi) is 3.48. The van der Waals surface area contributed by atoms with Crippen molar-refractivity contribution in [3.63, 3.8) is 0 Å². The van der Waals surface area contributed by atoms with Gasteiger partial charge in [0.2, 0.25) is 0 Å². The number of quaternary nitrogens is 1. The summed E-state index contributed by atoms with van der Waals surface area (Å²) < 4.78 is 15.0. The Morgan fingerprint density at radius 3 is 2.53 bits per heavy atom. The fourth-order valence-corrected chi connectivity index (χ4v) is 3.65. The largest absolute Gasteiger partial charge is 0.320 e. The van der Waals surface area contributed by atoms with Gasteiger partial charge in [0, 0.05) is 5.56 Å². The van der Waals surface area contributed by atoms with Crippen molar-refractivity contribution in [1.29, 1.82) is 0 Å². The lowest BCUT2D eigenvalue weighted by molar-refractivity contribution is -0.955. The van der Waals surface area contributed by atoms with Crippen LogP contribution in [-0.4, -0.2) is 29.3 Å². The van der Waals surface area contributed by atoms with E-state index in [0.717, 1.165) is 22.5 Å². The molecule has 1 aromatic rings. The number of rotatable bonds is 3. The van der Waals surface area contributed by atoms with Crippen molar-refractivity contribution in [1.82, 2.24) is 0 Å². The number of halogens is 1. The number of thiocarbonyl (C=S) groups is 1. The predicted octanol–water partition coefficient (Wildman–Crippen LogP) is 3.69. The SMILES string of the molecule is Fc1cc(C[N+]23CCC(CC2)CC3)ccc1N=C=S. The minimum absolute atomic E-state index is 0.288. The molecule has 0 aromatic heterocycles. The number of fused-ring (bicyclic) bond motifs is 3. The molecule has 19 heavy (non-hydrogen) atoms. The molecule has 100 valence electrons. The summed E-state index contributed by atoms with van der Waals surface area (Å²) in [7, 11) is 0. The van der Waals surface area contributed by atoms with Gasteiger partial charge in [-0.15, -0.1) is 0 Å². The standard InChI is InChI=1S/C15H18FN2S/c16-14-9-13(1-2-15(14)17-11-19)10-18-6-3-12(4-7-18)5-8-18/h1-2,9,12H,3-8,10H2/q+1. The smallest absolute Gasteiger partial charge is 0.150 e. The maximum atomic E-state index is 13.8. The fraction of sp³-hybridized carbons (Fsp3) is 0.533. The van der Waals surface area contributed by atoms with Gasteiger partial charge in [0.25, 0.3) is 0 Å². The van der Waals surface area contributed by atoms with E-state index in [2.05, 4.69) is 22.4 Å². The molecular weight excluding hydrogens is 259 g/mol. The second kappa shape index (κ2) is 5.12. The first-order valence-corrected chi connectivity index (χ1v) is 7.33. The molecule has 4 heteroatoms. The lowest BCUT2D eigenvalue weighted by Crippen LogP contribution is -2.57. The highest BCUT2D eigenvalue weighted by Gasteiger charge is 2.39. The second-order valence-electron chi connectivity index (χ2n) is 5.89. The molecule has 2 nitrogen and oxygen atoms in total. The first kappa shape index (κ1) is 12.9. The van der Waals surface area contributed by atoms with Crippen LogP contribution in [-0.2, 0) is 6.54 Å². The maximum Gasteiger partial charge on any atom is 0.150 e. The van der Waals surface area contributed by atoms with Crippen molar-refractivity contribution in [2.45, 2.75) is 25.8 Å². The zero-order chi connectivity index (χ0) is 13.3. The number of benzene rings is 1. The third-order valence-electron chi connectivity index (χ3n) is 4.73. The summed E-state index contributed by atoms with van der Waals surface area (Å²) in [5.74, 6) is 0.663. The summed E-state index contributed by atoms with van der Waals surface area (Å²) in [6.45, 7) is 4.72. The van der Waals surface area contributed by atoms with Gasteiger partial charge in [-0.1, -0.05) is 6.07 Å². The quantitative estimate of drug-likeness (QED) is 0.466. The molecule has 1 aromatic carbocycles. The molecule has 3 heterocycles. The third-order valence-corrected chi connectivity index (χ3v) is 4.82. The zero-order valence-electron chi connectivity index (χ0n) is 10.9. The van der Waals surface area contributed by atoms with E-state index in [1.54, 1.807) is 12.1 Å². The average molecular weight is 277 g/mol.